The Labute approximate surface area is 131 Å². The van der Waals surface area contributed by atoms with E-state index in [4.69, 9.17) is 0 Å². The number of hydrogen-bond acceptors (Lipinski definition) is 2. The van der Waals surface area contributed by atoms with Gasteiger partial charge in [0.25, 0.3) is 0 Å². The molecule has 1 N–H and O–H groups in total. The van der Waals surface area contributed by atoms with Crippen molar-refractivity contribution in [1.82, 2.24) is 10.2 Å². The number of benzene rings is 1. The minimum absolute atomic E-state index is 0.739. The van der Waals surface area contributed by atoms with E-state index in [-0.39, 0.29) is 0 Å². The molecule has 0 amide bonds. The van der Waals surface area contributed by atoms with Gasteiger partial charge in [-0.05, 0) is 36.5 Å². The highest BCUT2D eigenvalue weighted by atomic mass is 79.9. The van der Waals surface area contributed by atoms with E-state index in [9.17, 15) is 0 Å². The van der Waals surface area contributed by atoms with E-state index < -0.39 is 0 Å². The summed E-state index contributed by atoms with van der Waals surface area (Å²) in [7, 11) is 0. The van der Waals surface area contributed by atoms with Gasteiger partial charge in [-0.1, -0.05) is 47.3 Å². The first-order valence-corrected chi connectivity index (χ1v) is 8.81. The maximum Gasteiger partial charge on any atom is 0.0252 e. The van der Waals surface area contributed by atoms with Crippen molar-refractivity contribution < 1.29 is 0 Å². The zero-order chi connectivity index (χ0) is 13.8. The number of nitrogens with zero attached hydrogens (tertiary/aromatic N) is 1. The first-order chi connectivity index (χ1) is 9.83. The average molecular weight is 337 g/mol. The maximum absolute atomic E-state index is 3.61. The van der Waals surface area contributed by atoms with E-state index >= 15 is 0 Å². The van der Waals surface area contributed by atoms with Gasteiger partial charge in [0.05, 0.1) is 0 Å². The molecule has 0 spiro atoms. The van der Waals surface area contributed by atoms with E-state index in [1.807, 2.05) is 0 Å². The van der Waals surface area contributed by atoms with E-state index in [1.54, 1.807) is 0 Å². The van der Waals surface area contributed by atoms with Crippen molar-refractivity contribution in [3.63, 3.8) is 0 Å². The Kier molecular flexibility index (Phi) is 5.14. The summed E-state index contributed by atoms with van der Waals surface area (Å²) >= 11 is 3.59. The average Bonchev–Trinajstić information content (AvgIpc) is 2.49. The summed E-state index contributed by atoms with van der Waals surface area (Å²) in [6.07, 6.45) is 7.18. The lowest BCUT2D eigenvalue weighted by Gasteiger charge is -2.42. The second-order valence-electron chi connectivity index (χ2n) is 6.27. The van der Waals surface area contributed by atoms with Crippen LogP contribution in [0.25, 0.3) is 0 Å². The summed E-state index contributed by atoms with van der Waals surface area (Å²) in [5.74, 6) is 0.906. The third kappa shape index (κ3) is 3.63. The number of halogens is 1. The molecule has 0 radical (unpaired) electrons. The van der Waals surface area contributed by atoms with Gasteiger partial charge in [0.15, 0.2) is 0 Å². The van der Waals surface area contributed by atoms with E-state index in [0.717, 1.165) is 25.0 Å². The molecule has 3 heteroatoms. The molecule has 1 heterocycles. The fourth-order valence-corrected chi connectivity index (χ4v) is 4.26. The molecule has 1 saturated heterocycles. The molecular weight excluding hydrogens is 312 g/mol. The topological polar surface area (TPSA) is 15.3 Å². The van der Waals surface area contributed by atoms with E-state index in [0.29, 0.717) is 0 Å². The van der Waals surface area contributed by atoms with E-state index in [2.05, 4.69) is 50.4 Å². The van der Waals surface area contributed by atoms with Crippen molar-refractivity contribution >= 4 is 15.9 Å². The second kappa shape index (κ2) is 7.06. The van der Waals surface area contributed by atoms with Gasteiger partial charge in [-0.3, -0.25) is 4.90 Å². The lowest BCUT2D eigenvalue weighted by Crippen LogP contribution is -2.54. The van der Waals surface area contributed by atoms with Crippen molar-refractivity contribution in [3.05, 3.63) is 34.3 Å². The van der Waals surface area contributed by atoms with Crippen LogP contribution in [0.3, 0.4) is 0 Å². The standard InChI is InChI=1S/C17H25BrN2/c18-16-8-4-5-14(11-16)13-20-10-9-19-12-17(20)15-6-2-1-3-7-15/h4-5,8,11,15,17,19H,1-3,6-7,9-10,12-13H2. The largest absolute Gasteiger partial charge is 0.314 e. The summed E-state index contributed by atoms with van der Waals surface area (Å²) < 4.78 is 1.19. The molecule has 2 aliphatic rings. The van der Waals surface area contributed by atoms with Gasteiger partial charge in [0, 0.05) is 36.7 Å². The lowest BCUT2D eigenvalue weighted by molar-refractivity contribution is 0.0860. The summed E-state index contributed by atoms with van der Waals surface area (Å²) in [4.78, 5) is 2.72. The lowest BCUT2D eigenvalue weighted by atomic mass is 9.82. The van der Waals surface area contributed by atoms with Crippen LogP contribution in [0.15, 0.2) is 28.7 Å². The molecule has 0 aromatic heterocycles. The molecule has 0 bridgehead atoms. The highest BCUT2D eigenvalue weighted by molar-refractivity contribution is 9.10. The van der Waals surface area contributed by atoms with Crippen LogP contribution in [-0.4, -0.2) is 30.6 Å². The van der Waals surface area contributed by atoms with Gasteiger partial charge >= 0.3 is 0 Å². The van der Waals surface area contributed by atoms with Crippen LogP contribution in [0.2, 0.25) is 0 Å². The third-order valence-electron chi connectivity index (χ3n) is 4.87. The molecule has 2 fully saturated rings. The Bertz CT molecular complexity index is 429. The highest BCUT2D eigenvalue weighted by Crippen LogP contribution is 2.30. The van der Waals surface area contributed by atoms with Crippen LogP contribution in [0.1, 0.15) is 37.7 Å². The van der Waals surface area contributed by atoms with Crippen molar-refractivity contribution in [2.45, 2.75) is 44.7 Å². The summed E-state index contributed by atoms with van der Waals surface area (Å²) in [5.41, 5.74) is 1.43. The van der Waals surface area contributed by atoms with Crippen molar-refractivity contribution in [2.24, 2.45) is 5.92 Å². The van der Waals surface area contributed by atoms with Crippen molar-refractivity contribution in [1.29, 1.82) is 0 Å². The number of piperazine rings is 1. The number of rotatable bonds is 3. The molecule has 110 valence electrons. The molecule has 1 aromatic rings. The van der Waals surface area contributed by atoms with Gasteiger partial charge in [-0.25, -0.2) is 0 Å². The Morgan fingerprint density at radius 2 is 2.05 bits per heavy atom. The fraction of sp³-hybridized carbons (Fsp3) is 0.647. The molecule has 1 atom stereocenters. The number of hydrogen-bond donors (Lipinski definition) is 1. The fourth-order valence-electron chi connectivity index (χ4n) is 3.82. The number of nitrogens with one attached hydrogen (secondary N) is 1. The minimum Gasteiger partial charge on any atom is -0.314 e. The monoisotopic (exact) mass is 336 g/mol. The third-order valence-corrected chi connectivity index (χ3v) is 5.36. The Morgan fingerprint density at radius 1 is 1.20 bits per heavy atom. The molecule has 2 nitrogen and oxygen atoms in total. The maximum atomic E-state index is 3.61. The molecule has 1 aliphatic heterocycles. The van der Waals surface area contributed by atoms with Crippen LogP contribution >= 0.6 is 15.9 Å². The predicted molar refractivity (Wildman–Crippen MR) is 87.8 cm³/mol. The molecule has 1 aliphatic carbocycles. The normalized spacial score (nSPS) is 25.8. The van der Waals surface area contributed by atoms with Crippen molar-refractivity contribution in [3.8, 4) is 0 Å². The Hall–Kier alpha value is -0.380. The van der Waals surface area contributed by atoms with Gasteiger partial charge in [0.2, 0.25) is 0 Å². The summed E-state index contributed by atoms with van der Waals surface area (Å²) in [6, 6.07) is 9.52. The highest BCUT2D eigenvalue weighted by Gasteiger charge is 2.30. The minimum atomic E-state index is 0.739. The van der Waals surface area contributed by atoms with Gasteiger partial charge < -0.3 is 5.32 Å². The first-order valence-electron chi connectivity index (χ1n) is 8.02. The van der Waals surface area contributed by atoms with Gasteiger partial charge in [-0.15, -0.1) is 0 Å². The Balaban J connectivity index is 1.68. The Morgan fingerprint density at radius 3 is 2.85 bits per heavy atom. The summed E-state index contributed by atoms with van der Waals surface area (Å²) in [5, 5.41) is 3.61. The molecule has 1 unspecified atom stereocenters. The predicted octanol–water partition coefficient (Wildman–Crippen LogP) is 3.80. The van der Waals surface area contributed by atoms with Crippen LogP contribution in [0, 0.1) is 5.92 Å². The van der Waals surface area contributed by atoms with Gasteiger partial charge in [-0.2, -0.15) is 0 Å². The van der Waals surface area contributed by atoms with Crippen LogP contribution < -0.4 is 5.32 Å². The SMILES string of the molecule is Brc1cccc(CN2CCNCC2C2CCCCC2)c1. The molecule has 1 saturated carbocycles. The molecular formula is C17H25BrN2. The molecule has 3 rings (SSSR count). The van der Waals surface area contributed by atoms with Crippen molar-refractivity contribution in [2.75, 3.05) is 19.6 Å². The van der Waals surface area contributed by atoms with Crippen LogP contribution in [-0.2, 0) is 6.54 Å². The van der Waals surface area contributed by atoms with Crippen LogP contribution in [0.5, 0.6) is 0 Å². The molecule has 1 aromatic carbocycles. The van der Waals surface area contributed by atoms with Crippen LogP contribution in [0.4, 0.5) is 0 Å². The summed E-state index contributed by atoms with van der Waals surface area (Å²) in [6.45, 7) is 4.60. The molecule has 20 heavy (non-hydrogen) atoms. The zero-order valence-electron chi connectivity index (χ0n) is 12.2. The quantitative estimate of drug-likeness (QED) is 0.902. The smallest absolute Gasteiger partial charge is 0.0252 e. The second-order valence-corrected chi connectivity index (χ2v) is 7.19. The van der Waals surface area contributed by atoms with Gasteiger partial charge in [0.1, 0.15) is 0 Å². The zero-order valence-corrected chi connectivity index (χ0v) is 13.7. The first kappa shape index (κ1) is 14.6. The van der Waals surface area contributed by atoms with E-state index in [1.165, 1.54) is 55.2 Å².